The van der Waals surface area contributed by atoms with E-state index in [1.165, 1.54) is 6.07 Å². The Labute approximate surface area is 120 Å². The van der Waals surface area contributed by atoms with E-state index in [2.05, 4.69) is 20.5 Å². The molecule has 2 heterocycles. The van der Waals surface area contributed by atoms with E-state index in [0.717, 1.165) is 16.6 Å². The Morgan fingerprint density at radius 2 is 2.24 bits per heavy atom. The minimum atomic E-state index is -0.253. The van der Waals surface area contributed by atoms with Crippen LogP contribution in [-0.4, -0.2) is 26.2 Å². The lowest BCUT2D eigenvalue weighted by molar-refractivity contribution is 0.0950. The zero-order chi connectivity index (χ0) is 14.8. The van der Waals surface area contributed by atoms with Crippen LogP contribution < -0.4 is 5.32 Å². The van der Waals surface area contributed by atoms with Crippen LogP contribution in [0.25, 0.3) is 11.0 Å². The normalized spacial score (nSPS) is 10.7. The Kier molecular flexibility index (Phi) is 3.27. The lowest BCUT2D eigenvalue weighted by atomic mass is 10.1. The number of nitrogens with one attached hydrogen (secondary N) is 2. The lowest BCUT2D eigenvalue weighted by Crippen LogP contribution is -2.23. The van der Waals surface area contributed by atoms with Gasteiger partial charge < -0.3 is 10.4 Å². The molecule has 6 heteroatoms. The van der Waals surface area contributed by atoms with Gasteiger partial charge in [0.2, 0.25) is 0 Å². The molecule has 3 N–H and O–H groups in total. The minimum absolute atomic E-state index is 0.110. The number of hydrogen-bond donors (Lipinski definition) is 3. The standard InChI is InChI=1S/C15H14N4O2/c1-9-4-5-10(7-13(9)20)15(21)17-8-12-11-3-2-6-16-14(11)19-18-12/h2-7,20H,8H2,1H3,(H,17,21)(H,16,18,19). The lowest BCUT2D eigenvalue weighted by Gasteiger charge is -2.06. The molecule has 0 atom stereocenters. The maximum atomic E-state index is 12.1. The zero-order valence-corrected chi connectivity index (χ0v) is 11.4. The highest BCUT2D eigenvalue weighted by atomic mass is 16.3. The summed E-state index contributed by atoms with van der Waals surface area (Å²) in [6.45, 7) is 2.09. The average molecular weight is 282 g/mol. The molecule has 0 aliphatic carbocycles. The van der Waals surface area contributed by atoms with Crippen molar-refractivity contribution in [1.82, 2.24) is 20.5 Å². The monoisotopic (exact) mass is 282 g/mol. The Morgan fingerprint density at radius 1 is 1.38 bits per heavy atom. The highest BCUT2D eigenvalue weighted by Gasteiger charge is 2.10. The van der Waals surface area contributed by atoms with E-state index in [1.807, 2.05) is 12.1 Å². The van der Waals surface area contributed by atoms with E-state index in [4.69, 9.17) is 0 Å². The van der Waals surface area contributed by atoms with Crippen LogP contribution in [0.1, 0.15) is 21.6 Å². The number of phenolic OH excluding ortho intramolecular Hbond substituents is 1. The maximum Gasteiger partial charge on any atom is 0.251 e. The fourth-order valence-electron chi connectivity index (χ4n) is 2.06. The van der Waals surface area contributed by atoms with Gasteiger partial charge in [0.1, 0.15) is 5.75 Å². The Hall–Kier alpha value is -2.89. The van der Waals surface area contributed by atoms with E-state index >= 15 is 0 Å². The van der Waals surface area contributed by atoms with Gasteiger partial charge in [-0.1, -0.05) is 6.07 Å². The molecule has 0 bridgehead atoms. The third-order valence-electron chi connectivity index (χ3n) is 3.31. The molecule has 0 saturated carbocycles. The van der Waals surface area contributed by atoms with Gasteiger partial charge in [0, 0.05) is 17.1 Å². The molecule has 0 spiro atoms. The molecule has 1 aromatic carbocycles. The molecule has 106 valence electrons. The van der Waals surface area contributed by atoms with Crippen molar-refractivity contribution in [3.05, 3.63) is 53.3 Å². The summed E-state index contributed by atoms with van der Waals surface area (Å²) < 4.78 is 0. The SMILES string of the molecule is Cc1ccc(C(=O)NCc2[nH]nc3ncccc23)cc1O. The molecule has 0 fully saturated rings. The molecule has 0 aliphatic heterocycles. The number of amides is 1. The van der Waals surface area contributed by atoms with Crippen molar-refractivity contribution in [3.63, 3.8) is 0 Å². The summed E-state index contributed by atoms with van der Waals surface area (Å²) in [5.41, 5.74) is 2.56. The van der Waals surface area contributed by atoms with Gasteiger partial charge in [-0.15, -0.1) is 0 Å². The first-order valence-electron chi connectivity index (χ1n) is 6.51. The quantitative estimate of drug-likeness (QED) is 0.684. The van der Waals surface area contributed by atoms with Crippen molar-refractivity contribution in [1.29, 1.82) is 0 Å². The predicted molar refractivity (Wildman–Crippen MR) is 77.9 cm³/mol. The summed E-state index contributed by atoms with van der Waals surface area (Å²) in [5.74, 6) is -0.143. The third kappa shape index (κ3) is 2.55. The highest BCUT2D eigenvalue weighted by molar-refractivity contribution is 5.94. The van der Waals surface area contributed by atoms with Crippen LogP contribution in [0.15, 0.2) is 36.5 Å². The first-order valence-corrected chi connectivity index (χ1v) is 6.51. The van der Waals surface area contributed by atoms with Crippen LogP contribution >= 0.6 is 0 Å². The molecule has 0 saturated heterocycles. The second kappa shape index (κ2) is 5.24. The topological polar surface area (TPSA) is 90.9 Å². The molecule has 6 nitrogen and oxygen atoms in total. The van der Waals surface area contributed by atoms with Gasteiger partial charge in [0.05, 0.1) is 12.2 Å². The van der Waals surface area contributed by atoms with Gasteiger partial charge in [-0.2, -0.15) is 5.10 Å². The number of hydrogen-bond acceptors (Lipinski definition) is 4. The highest BCUT2D eigenvalue weighted by Crippen LogP contribution is 2.17. The second-order valence-electron chi connectivity index (χ2n) is 4.76. The first-order chi connectivity index (χ1) is 10.1. The van der Waals surface area contributed by atoms with Crippen LogP contribution in [0.3, 0.4) is 0 Å². The molecule has 0 radical (unpaired) electrons. The van der Waals surface area contributed by atoms with E-state index in [-0.39, 0.29) is 11.7 Å². The number of rotatable bonds is 3. The average Bonchev–Trinajstić information content (AvgIpc) is 2.91. The molecular formula is C15H14N4O2. The largest absolute Gasteiger partial charge is 0.508 e. The summed E-state index contributed by atoms with van der Waals surface area (Å²) in [4.78, 5) is 16.2. The van der Waals surface area contributed by atoms with Gasteiger partial charge in [-0.05, 0) is 36.8 Å². The van der Waals surface area contributed by atoms with Crippen LogP contribution in [0.2, 0.25) is 0 Å². The predicted octanol–water partition coefficient (Wildman–Crippen LogP) is 1.90. The van der Waals surface area contributed by atoms with Crippen LogP contribution in [0, 0.1) is 6.92 Å². The van der Waals surface area contributed by atoms with Crippen molar-refractivity contribution in [2.75, 3.05) is 0 Å². The Balaban J connectivity index is 1.75. The molecule has 21 heavy (non-hydrogen) atoms. The fourth-order valence-corrected chi connectivity index (χ4v) is 2.06. The zero-order valence-electron chi connectivity index (χ0n) is 11.4. The third-order valence-corrected chi connectivity index (χ3v) is 3.31. The van der Waals surface area contributed by atoms with Crippen molar-refractivity contribution in [3.8, 4) is 5.75 Å². The number of carbonyl (C=O) groups is 1. The van der Waals surface area contributed by atoms with Crippen molar-refractivity contribution in [2.24, 2.45) is 0 Å². The summed E-state index contributed by atoms with van der Waals surface area (Å²) in [5, 5.41) is 20.2. The molecule has 1 amide bonds. The number of phenols is 1. The summed E-state index contributed by atoms with van der Waals surface area (Å²) in [6.07, 6.45) is 1.67. The molecule has 2 aromatic heterocycles. The van der Waals surface area contributed by atoms with E-state index in [0.29, 0.717) is 17.8 Å². The maximum absolute atomic E-state index is 12.1. The number of nitrogens with zero attached hydrogens (tertiary/aromatic N) is 2. The number of aryl methyl sites for hydroxylation is 1. The fraction of sp³-hybridized carbons (Fsp3) is 0.133. The van der Waals surface area contributed by atoms with E-state index < -0.39 is 0 Å². The smallest absolute Gasteiger partial charge is 0.251 e. The molecule has 0 aliphatic rings. The van der Waals surface area contributed by atoms with E-state index in [9.17, 15) is 9.90 Å². The first kappa shape index (κ1) is 13.1. The van der Waals surface area contributed by atoms with E-state index in [1.54, 1.807) is 25.3 Å². The van der Waals surface area contributed by atoms with Gasteiger partial charge in [0.25, 0.3) is 5.91 Å². The van der Waals surface area contributed by atoms with Crippen LogP contribution in [0.5, 0.6) is 5.75 Å². The summed E-state index contributed by atoms with van der Waals surface area (Å²) in [6, 6.07) is 8.56. The van der Waals surface area contributed by atoms with Crippen LogP contribution in [-0.2, 0) is 6.54 Å². The molecule has 3 rings (SSSR count). The number of aromatic amines is 1. The number of carbonyl (C=O) groups excluding carboxylic acids is 1. The van der Waals surface area contributed by atoms with Gasteiger partial charge >= 0.3 is 0 Å². The molecular weight excluding hydrogens is 268 g/mol. The van der Waals surface area contributed by atoms with Crippen molar-refractivity contribution in [2.45, 2.75) is 13.5 Å². The molecule has 3 aromatic rings. The second-order valence-corrected chi connectivity index (χ2v) is 4.76. The number of aromatic hydroxyl groups is 1. The summed E-state index contributed by atoms with van der Waals surface area (Å²) in [7, 11) is 0. The number of benzene rings is 1. The Bertz CT molecular complexity index is 810. The number of aromatic nitrogens is 3. The number of pyridine rings is 1. The van der Waals surface area contributed by atoms with Gasteiger partial charge in [0.15, 0.2) is 5.65 Å². The minimum Gasteiger partial charge on any atom is -0.508 e. The van der Waals surface area contributed by atoms with Crippen molar-refractivity contribution >= 4 is 16.9 Å². The van der Waals surface area contributed by atoms with Crippen LogP contribution in [0.4, 0.5) is 0 Å². The Morgan fingerprint density at radius 3 is 3.05 bits per heavy atom. The number of fused-ring (bicyclic) bond motifs is 1. The van der Waals surface area contributed by atoms with Crippen molar-refractivity contribution < 1.29 is 9.90 Å². The molecule has 0 unspecified atom stereocenters. The van der Waals surface area contributed by atoms with Gasteiger partial charge in [-0.25, -0.2) is 4.98 Å². The van der Waals surface area contributed by atoms with Gasteiger partial charge in [-0.3, -0.25) is 9.89 Å². The number of H-pyrrole nitrogens is 1. The summed E-state index contributed by atoms with van der Waals surface area (Å²) >= 11 is 0.